The molecule has 3 N–H and O–H groups in total. The van der Waals surface area contributed by atoms with Crippen molar-refractivity contribution in [1.82, 2.24) is 9.97 Å². The predicted octanol–water partition coefficient (Wildman–Crippen LogP) is 0.599. The first kappa shape index (κ1) is 14.0. The first-order valence-corrected chi connectivity index (χ1v) is 6.67. The van der Waals surface area contributed by atoms with Gasteiger partial charge in [0.25, 0.3) is 0 Å². The quantitative estimate of drug-likeness (QED) is 0.830. The number of ether oxygens (including phenoxy) is 1. The number of likely N-dealkylation sites (N-methyl/N-ethyl adjacent to an activating group) is 1. The fraction of sp³-hybridized carbons (Fsp3) is 0.692. The van der Waals surface area contributed by atoms with Crippen LogP contribution in [0.1, 0.15) is 25.6 Å². The Morgan fingerprint density at radius 2 is 2.11 bits per heavy atom. The van der Waals surface area contributed by atoms with Crippen LogP contribution in [0.25, 0.3) is 0 Å². The molecule has 0 spiro atoms. The van der Waals surface area contributed by atoms with Gasteiger partial charge in [-0.1, -0.05) is 6.92 Å². The SMILES string of the molecule is CCc1nc(N)cc(N(C)CC2(O)CCOCC2)n1. The van der Waals surface area contributed by atoms with Gasteiger partial charge in [0.1, 0.15) is 17.5 Å². The molecule has 0 atom stereocenters. The van der Waals surface area contributed by atoms with Gasteiger partial charge in [-0.3, -0.25) is 0 Å². The van der Waals surface area contributed by atoms with Crippen LogP contribution in [0.5, 0.6) is 0 Å². The summed E-state index contributed by atoms with van der Waals surface area (Å²) in [7, 11) is 1.91. The Morgan fingerprint density at radius 3 is 2.74 bits per heavy atom. The van der Waals surface area contributed by atoms with Crippen molar-refractivity contribution < 1.29 is 9.84 Å². The van der Waals surface area contributed by atoms with Gasteiger partial charge in [0.2, 0.25) is 0 Å². The zero-order valence-corrected chi connectivity index (χ0v) is 11.6. The van der Waals surface area contributed by atoms with Crippen LogP contribution in [-0.2, 0) is 11.2 Å². The number of nitrogen functional groups attached to an aromatic ring is 1. The number of hydrogen-bond acceptors (Lipinski definition) is 6. The first-order valence-electron chi connectivity index (χ1n) is 6.67. The van der Waals surface area contributed by atoms with Crippen LogP contribution >= 0.6 is 0 Å². The van der Waals surface area contributed by atoms with E-state index in [1.807, 2.05) is 18.9 Å². The lowest BCUT2D eigenvalue weighted by atomic mass is 9.94. The normalized spacial score (nSPS) is 18.3. The number of rotatable bonds is 4. The van der Waals surface area contributed by atoms with Gasteiger partial charge in [0.05, 0.1) is 5.60 Å². The minimum atomic E-state index is -0.709. The van der Waals surface area contributed by atoms with Crippen LogP contribution in [-0.4, -0.2) is 47.5 Å². The van der Waals surface area contributed by atoms with Crippen molar-refractivity contribution in [2.24, 2.45) is 0 Å². The van der Waals surface area contributed by atoms with Crippen LogP contribution in [0.3, 0.4) is 0 Å². The summed E-state index contributed by atoms with van der Waals surface area (Å²) >= 11 is 0. The van der Waals surface area contributed by atoms with Crippen LogP contribution in [0.4, 0.5) is 11.6 Å². The van der Waals surface area contributed by atoms with Gasteiger partial charge < -0.3 is 20.5 Å². The number of anilines is 2. The number of aryl methyl sites for hydroxylation is 1. The molecule has 0 amide bonds. The Labute approximate surface area is 113 Å². The van der Waals surface area contributed by atoms with Crippen molar-refractivity contribution in [2.75, 3.05) is 37.4 Å². The second-order valence-electron chi connectivity index (χ2n) is 5.11. The molecule has 2 rings (SSSR count). The highest BCUT2D eigenvalue weighted by Crippen LogP contribution is 2.23. The molecule has 2 heterocycles. The van der Waals surface area contributed by atoms with Crippen molar-refractivity contribution in [1.29, 1.82) is 0 Å². The molecule has 1 saturated heterocycles. The average Bonchev–Trinajstić information content (AvgIpc) is 2.38. The molecule has 0 aromatic carbocycles. The summed E-state index contributed by atoms with van der Waals surface area (Å²) in [6, 6.07) is 1.74. The van der Waals surface area contributed by atoms with Crippen LogP contribution < -0.4 is 10.6 Å². The van der Waals surface area contributed by atoms with Crippen LogP contribution in [0.2, 0.25) is 0 Å². The minimum Gasteiger partial charge on any atom is -0.388 e. The molecule has 6 nitrogen and oxygen atoms in total. The van der Waals surface area contributed by atoms with Gasteiger partial charge in [0.15, 0.2) is 0 Å². The molecular formula is C13H22N4O2. The van der Waals surface area contributed by atoms with E-state index in [0.717, 1.165) is 18.1 Å². The monoisotopic (exact) mass is 266 g/mol. The standard InChI is InChI=1S/C13H22N4O2/c1-3-11-15-10(14)8-12(16-11)17(2)9-13(18)4-6-19-7-5-13/h8,18H,3-7,9H2,1-2H3,(H2,14,15,16). The maximum Gasteiger partial charge on any atom is 0.134 e. The van der Waals surface area contributed by atoms with E-state index in [1.165, 1.54) is 0 Å². The molecule has 1 aliphatic rings. The molecule has 1 fully saturated rings. The zero-order chi connectivity index (χ0) is 13.9. The summed E-state index contributed by atoms with van der Waals surface area (Å²) in [5.74, 6) is 1.94. The second kappa shape index (κ2) is 5.71. The highest BCUT2D eigenvalue weighted by atomic mass is 16.5. The van der Waals surface area contributed by atoms with Crippen molar-refractivity contribution in [3.05, 3.63) is 11.9 Å². The smallest absolute Gasteiger partial charge is 0.134 e. The molecule has 1 aromatic heterocycles. The van der Waals surface area contributed by atoms with Gasteiger partial charge in [-0.2, -0.15) is 0 Å². The van der Waals surface area contributed by atoms with Crippen molar-refractivity contribution in [3.63, 3.8) is 0 Å². The fourth-order valence-corrected chi connectivity index (χ4v) is 2.29. The van der Waals surface area contributed by atoms with E-state index < -0.39 is 5.60 Å². The Morgan fingerprint density at radius 1 is 1.42 bits per heavy atom. The molecule has 0 bridgehead atoms. The molecule has 106 valence electrons. The lowest BCUT2D eigenvalue weighted by Gasteiger charge is -2.35. The van der Waals surface area contributed by atoms with Gasteiger partial charge in [-0.05, 0) is 0 Å². The van der Waals surface area contributed by atoms with Crippen LogP contribution in [0, 0.1) is 0 Å². The van der Waals surface area contributed by atoms with Gasteiger partial charge in [0, 0.05) is 52.1 Å². The van der Waals surface area contributed by atoms with Gasteiger partial charge in [-0.15, -0.1) is 0 Å². The van der Waals surface area contributed by atoms with E-state index in [-0.39, 0.29) is 0 Å². The third-order valence-corrected chi connectivity index (χ3v) is 3.44. The second-order valence-corrected chi connectivity index (χ2v) is 5.11. The average molecular weight is 266 g/mol. The summed E-state index contributed by atoms with van der Waals surface area (Å²) in [4.78, 5) is 10.5. The maximum absolute atomic E-state index is 10.5. The molecule has 1 aromatic rings. The highest BCUT2D eigenvalue weighted by molar-refractivity contribution is 5.46. The lowest BCUT2D eigenvalue weighted by Crippen LogP contribution is -2.46. The first-order chi connectivity index (χ1) is 9.02. The van der Waals surface area contributed by atoms with E-state index in [1.54, 1.807) is 6.07 Å². The van der Waals surface area contributed by atoms with E-state index in [4.69, 9.17) is 10.5 Å². The number of aliphatic hydroxyl groups is 1. The van der Waals surface area contributed by atoms with Crippen molar-refractivity contribution in [3.8, 4) is 0 Å². The minimum absolute atomic E-state index is 0.465. The highest BCUT2D eigenvalue weighted by Gasteiger charge is 2.31. The number of hydrogen-bond donors (Lipinski definition) is 2. The zero-order valence-electron chi connectivity index (χ0n) is 11.6. The Hall–Kier alpha value is -1.40. The van der Waals surface area contributed by atoms with Gasteiger partial charge in [-0.25, -0.2) is 9.97 Å². The summed E-state index contributed by atoms with van der Waals surface area (Å²) in [5.41, 5.74) is 5.07. The fourth-order valence-electron chi connectivity index (χ4n) is 2.29. The van der Waals surface area contributed by atoms with E-state index in [9.17, 15) is 5.11 Å². The molecule has 0 unspecified atom stereocenters. The van der Waals surface area contributed by atoms with Crippen molar-refractivity contribution in [2.45, 2.75) is 31.8 Å². The predicted molar refractivity (Wildman–Crippen MR) is 74.1 cm³/mol. The summed E-state index contributed by atoms with van der Waals surface area (Å²) in [6.07, 6.45) is 2.04. The largest absolute Gasteiger partial charge is 0.388 e. The Bertz CT molecular complexity index is 433. The third-order valence-electron chi connectivity index (χ3n) is 3.44. The summed E-state index contributed by atoms with van der Waals surface area (Å²) in [5, 5.41) is 10.5. The summed E-state index contributed by atoms with van der Waals surface area (Å²) < 4.78 is 5.28. The molecular weight excluding hydrogens is 244 g/mol. The number of nitrogens with zero attached hydrogens (tertiary/aromatic N) is 3. The molecule has 0 radical (unpaired) electrons. The van der Waals surface area contributed by atoms with Crippen LogP contribution in [0.15, 0.2) is 6.07 Å². The maximum atomic E-state index is 10.5. The van der Waals surface area contributed by atoms with Gasteiger partial charge >= 0.3 is 0 Å². The van der Waals surface area contributed by atoms with E-state index in [2.05, 4.69) is 9.97 Å². The van der Waals surface area contributed by atoms with E-state index >= 15 is 0 Å². The molecule has 0 aliphatic carbocycles. The lowest BCUT2D eigenvalue weighted by molar-refractivity contribution is -0.0573. The van der Waals surface area contributed by atoms with E-state index in [0.29, 0.717) is 38.4 Å². The summed E-state index contributed by atoms with van der Waals surface area (Å²) in [6.45, 7) is 3.73. The topological polar surface area (TPSA) is 84.5 Å². The molecule has 6 heteroatoms. The molecule has 1 aliphatic heterocycles. The van der Waals surface area contributed by atoms with Crippen molar-refractivity contribution >= 4 is 11.6 Å². The molecule has 19 heavy (non-hydrogen) atoms. The number of aromatic nitrogens is 2. The molecule has 0 saturated carbocycles. The Balaban J connectivity index is 2.10. The third kappa shape index (κ3) is 3.54. The number of nitrogens with two attached hydrogens (primary N) is 1. The Kier molecular flexibility index (Phi) is 4.21.